The molecule has 1 saturated heterocycles. The lowest BCUT2D eigenvalue weighted by atomic mass is 9.82. The number of hydrogen-bond acceptors (Lipinski definition) is 3. The Morgan fingerprint density at radius 3 is 2.08 bits per heavy atom. The molecule has 0 atom stereocenters. The van der Waals surface area contributed by atoms with Crippen molar-refractivity contribution in [3.63, 3.8) is 0 Å². The van der Waals surface area contributed by atoms with Crippen LogP contribution in [0.3, 0.4) is 0 Å². The van der Waals surface area contributed by atoms with Crippen LogP contribution >= 0.6 is 8.53 Å². The van der Waals surface area contributed by atoms with E-state index in [2.05, 4.69) is 25.9 Å². The molecule has 0 radical (unpaired) electrons. The summed E-state index contributed by atoms with van der Waals surface area (Å²) in [7, 11) is 1.07. The molecule has 0 bridgehead atoms. The zero-order valence-electron chi connectivity index (χ0n) is 8.26. The molecule has 0 amide bonds. The summed E-state index contributed by atoms with van der Waals surface area (Å²) in [5.74, 6) is 0.518. The highest BCUT2D eigenvalue weighted by Gasteiger charge is 2.30. The standard InChI is InChI=1S/C8H18NO2P/c1-8(2,3)7-5-10-12(9-4)11-6-7/h7,9H,5-6H2,1-4H3. The molecule has 0 spiro atoms. The maximum absolute atomic E-state index is 5.50. The zero-order valence-corrected chi connectivity index (χ0v) is 9.15. The van der Waals surface area contributed by atoms with Crippen molar-refractivity contribution in [1.82, 2.24) is 5.09 Å². The molecule has 1 heterocycles. The predicted molar refractivity (Wildman–Crippen MR) is 50.8 cm³/mol. The minimum absolute atomic E-state index is 0.287. The van der Waals surface area contributed by atoms with Crippen LogP contribution in [0.4, 0.5) is 0 Å². The number of nitrogens with one attached hydrogen (secondary N) is 1. The third-order valence-electron chi connectivity index (χ3n) is 2.19. The average Bonchev–Trinajstić information content (AvgIpc) is 2.03. The third kappa shape index (κ3) is 2.67. The lowest BCUT2D eigenvalue weighted by molar-refractivity contribution is 0.0503. The van der Waals surface area contributed by atoms with Crippen molar-refractivity contribution in [1.29, 1.82) is 0 Å². The normalized spacial score (nSPS) is 32.0. The summed E-state index contributed by atoms with van der Waals surface area (Å²) in [4.78, 5) is 0. The Kier molecular flexibility index (Phi) is 3.47. The highest BCUT2D eigenvalue weighted by molar-refractivity contribution is 7.44. The van der Waals surface area contributed by atoms with Gasteiger partial charge in [0, 0.05) is 5.92 Å². The Bertz CT molecular complexity index is 138. The van der Waals surface area contributed by atoms with Crippen LogP contribution in [-0.4, -0.2) is 20.3 Å². The van der Waals surface area contributed by atoms with Crippen LogP contribution in [0, 0.1) is 11.3 Å². The van der Waals surface area contributed by atoms with Gasteiger partial charge in [-0.3, -0.25) is 5.09 Å². The summed E-state index contributed by atoms with van der Waals surface area (Å²) >= 11 is 0. The average molecular weight is 191 g/mol. The van der Waals surface area contributed by atoms with E-state index in [1.54, 1.807) is 0 Å². The Morgan fingerprint density at radius 1 is 1.25 bits per heavy atom. The fraction of sp³-hybridized carbons (Fsp3) is 1.00. The van der Waals surface area contributed by atoms with Crippen LogP contribution in [-0.2, 0) is 9.05 Å². The van der Waals surface area contributed by atoms with Crippen molar-refractivity contribution in [2.24, 2.45) is 11.3 Å². The van der Waals surface area contributed by atoms with Crippen molar-refractivity contribution in [3.05, 3.63) is 0 Å². The van der Waals surface area contributed by atoms with E-state index in [-0.39, 0.29) is 5.41 Å². The zero-order chi connectivity index (χ0) is 9.19. The Hall–Kier alpha value is 0.310. The van der Waals surface area contributed by atoms with Gasteiger partial charge in [0.2, 0.25) is 0 Å². The molecule has 1 fully saturated rings. The summed E-state index contributed by atoms with van der Waals surface area (Å²) in [5, 5.41) is 3.00. The SMILES string of the molecule is CNP1OCC(C(C)(C)C)CO1. The van der Waals surface area contributed by atoms with Gasteiger partial charge in [0.15, 0.2) is 0 Å². The molecule has 72 valence electrons. The molecule has 4 heteroatoms. The first-order valence-electron chi connectivity index (χ1n) is 4.27. The summed E-state index contributed by atoms with van der Waals surface area (Å²) in [6.07, 6.45) is 0. The quantitative estimate of drug-likeness (QED) is 0.644. The van der Waals surface area contributed by atoms with Gasteiger partial charge in [-0.15, -0.1) is 0 Å². The van der Waals surface area contributed by atoms with Gasteiger partial charge in [-0.2, -0.15) is 0 Å². The molecule has 1 rings (SSSR count). The van der Waals surface area contributed by atoms with Gasteiger partial charge >= 0.3 is 0 Å². The van der Waals surface area contributed by atoms with E-state index in [9.17, 15) is 0 Å². The first-order valence-corrected chi connectivity index (χ1v) is 5.45. The summed E-state index contributed by atoms with van der Waals surface area (Å²) < 4.78 is 11.0. The van der Waals surface area contributed by atoms with Crippen LogP contribution in [0.2, 0.25) is 0 Å². The second-order valence-corrected chi connectivity index (χ2v) is 5.61. The van der Waals surface area contributed by atoms with Crippen LogP contribution in [0.15, 0.2) is 0 Å². The van der Waals surface area contributed by atoms with Gasteiger partial charge in [0.05, 0.1) is 13.2 Å². The number of rotatable bonds is 1. The van der Waals surface area contributed by atoms with E-state index >= 15 is 0 Å². The van der Waals surface area contributed by atoms with Crippen LogP contribution < -0.4 is 5.09 Å². The smallest absolute Gasteiger partial charge is 0.255 e. The van der Waals surface area contributed by atoms with Gasteiger partial charge in [-0.25, -0.2) is 0 Å². The van der Waals surface area contributed by atoms with E-state index < -0.39 is 8.53 Å². The lowest BCUT2D eigenvalue weighted by Crippen LogP contribution is -2.32. The van der Waals surface area contributed by atoms with Crippen LogP contribution in [0.25, 0.3) is 0 Å². The maximum Gasteiger partial charge on any atom is 0.255 e. The molecule has 0 saturated carbocycles. The van der Waals surface area contributed by atoms with Gasteiger partial charge in [0.1, 0.15) is 0 Å². The van der Waals surface area contributed by atoms with Crippen molar-refractivity contribution >= 4 is 8.53 Å². The molecule has 1 aliphatic heterocycles. The number of hydrogen-bond donors (Lipinski definition) is 1. The summed E-state index contributed by atoms with van der Waals surface area (Å²) in [5.41, 5.74) is 0.287. The highest BCUT2D eigenvalue weighted by Crippen LogP contribution is 2.42. The van der Waals surface area contributed by atoms with Crippen LogP contribution in [0.1, 0.15) is 20.8 Å². The molecular formula is C8H18NO2P. The molecular weight excluding hydrogens is 173 g/mol. The molecule has 1 N–H and O–H groups in total. The molecule has 0 aromatic heterocycles. The topological polar surface area (TPSA) is 30.5 Å². The summed E-state index contributed by atoms with van der Waals surface area (Å²) in [6, 6.07) is 0. The monoisotopic (exact) mass is 191 g/mol. The van der Waals surface area contributed by atoms with Crippen molar-refractivity contribution < 1.29 is 9.05 Å². The van der Waals surface area contributed by atoms with E-state index in [4.69, 9.17) is 9.05 Å². The van der Waals surface area contributed by atoms with Crippen molar-refractivity contribution in [3.8, 4) is 0 Å². The molecule has 3 nitrogen and oxygen atoms in total. The van der Waals surface area contributed by atoms with Crippen molar-refractivity contribution in [2.75, 3.05) is 20.3 Å². The molecule has 0 aromatic carbocycles. The molecule has 0 unspecified atom stereocenters. The largest absolute Gasteiger partial charge is 0.322 e. The van der Waals surface area contributed by atoms with E-state index in [1.807, 2.05) is 7.05 Å². The molecule has 12 heavy (non-hydrogen) atoms. The van der Waals surface area contributed by atoms with E-state index in [0.717, 1.165) is 13.2 Å². The molecule has 0 aliphatic carbocycles. The van der Waals surface area contributed by atoms with Gasteiger partial charge in [-0.1, -0.05) is 20.8 Å². The van der Waals surface area contributed by atoms with Crippen LogP contribution in [0.5, 0.6) is 0 Å². The van der Waals surface area contributed by atoms with E-state index in [0.29, 0.717) is 5.92 Å². The fourth-order valence-electron chi connectivity index (χ4n) is 1.03. The van der Waals surface area contributed by atoms with Gasteiger partial charge < -0.3 is 9.05 Å². The fourth-order valence-corrected chi connectivity index (χ4v) is 1.99. The Morgan fingerprint density at radius 2 is 1.75 bits per heavy atom. The minimum atomic E-state index is -0.793. The minimum Gasteiger partial charge on any atom is -0.322 e. The second kappa shape index (κ2) is 4.01. The lowest BCUT2D eigenvalue weighted by Gasteiger charge is -2.35. The van der Waals surface area contributed by atoms with Gasteiger partial charge in [0.25, 0.3) is 8.53 Å². The first-order chi connectivity index (χ1) is 5.54. The molecule has 1 aliphatic rings. The summed E-state index contributed by atoms with van der Waals surface area (Å²) in [6.45, 7) is 8.29. The Labute approximate surface area is 75.8 Å². The Balaban J connectivity index is 2.36. The van der Waals surface area contributed by atoms with Crippen molar-refractivity contribution in [2.45, 2.75) is 20.8 Å². The predicted octanol–water partition coefficient (Wildman–Crippen LogP) is 2.14. The first kappa shape index (κ1) is 10.4. The van der Waals surface area contributed by atoms with Gasteiger partial charge in [-0.05, 0) is 12.5 Å². The third-order valence-corrected chi connectivity index (χ3v) is 3.33. The second-order valence-electron chi connectivity index (χ2n) is 4.14. The maximum atomic E-state index is 5.50. The molecule has 0 aromatic rings. The van der Waals surface area contributed by atoms with E-state index in [1.165, 1.54) is 0 Å². The highest BCUT2D eigenvalue weighted by atomic mass is 31.2.